The summed E-state index contributed by atoms with van der Waals surface area (Å²) in [5, 5.41) is 3.52. The van der Waals surface area contributed by atoms with Crippen LogP contribution < -0.4 is 5.32 Å². The Hall–Kier alpha value is -0.0400. The lowest BCUT2D eigenvalue weighted by molar-refractivity contribution is 0.124. The van der Waals surface area contributed by atoms with Crippen LogP contribution in [0.3, 0.4) is 0 Å². The number of hydrogen-bond acceptors (Lipinski definition) is 1. The summed E-state index contributed by atoms with van der Waals surface area (Å²) in [6.45, 7) is 5.02. The van der Waals surface area contributed by atoms with Crippen LogP contribution in [0.2, 0.25) is 0 Å². The molecule has 0 aromatic carbocycles. The number of piperidine rings is 1. The van der Waals surface area contributed by atoms with Crippen LogP contribution in [0.25, 0.3) is 0 Å². The van der Waals surface area contributed by atoms with Crippen molar-refractivity contribution in [2.75, 3.05) is 13.1 Å². The molecule has 1 nitrogen and oxygen atoms in total. The molecular formula is C9H17N. The fraction of sp³-hybridized carbons (Fsp3) is 1.00. The van der Waals surface area contributed by atoms with E-state index in [9.17, 15) is 0 Å². The van der Waals surface area contributed by atoms with Crippen molar-refractivity contribution in [3.05, 3.63) is 0 Å². The summed E-state index contributed by atoms with van der Waals surface area (Å²) in [7, 11) is 0. The summed E-state index contributed by atoms with van der Waals surface area (Å²) in [5.41, 5.74) is 0. The standard InChI is InChI=1S/C9H17N/c1-7-8-3-2-4-9(7)6-10-5-8/h7-10H,2-6H2,1H3. The van der Waals surface area contributed by atoms with Crippen LogP contribution in [0.5, 0.6) is 0 Å². The zero-order valence-electron chi connectivity index (χ0n) is 6.77. The van der Waals surface area contributed by atoms with E-state index in [2.05, 4.69) is 12.2 Å². The van der Waals surface area contributed by atoms with Gasteiger partial charge in [0, 0.05) is 0 Å². The highest BCUT2D eigenvalue weighted by atomic mass is 14.9. The van der Waals surface area contributed by atoms with Gasteiger partial charge in [0.2, 0.25) is 0 Å². The molecule has 2 atom stereocenters. The Bertz CT molecular complexity index is 99.9. The van der Waals surface area contributed by atoms with Crippen molar-refractivity contribution in [1.82, 2.24) is 5.32 Å². The molecule has 2 bridgehead atoms. The van der Waals surface area contributed by atoms with Crippen LogP contribution in [-0.2, 0) is 0 Å². The first-order valence-corrected chi connectivity index (χ1v) is 4.58. The van der Waals surface area contributed by atoms with Gasteiger partial charge in [-0.2, -0.15) is 0 Å². The first kappa shape index (κ1) is 6.66. The van der Waals surface area contributed by atoms with Crippen molar-refractivity contribution in [3.8, 4) is 0 Å². The van der Waals surface area contributed by atoms with Gasteiger partial charge in [0.1, 0.15) is 0 Å². The van der Waals surface area contributed by atoms with Gasteiger partial charge < -0.3 is 5.32 Å². The minimum absolute atomic E-state index is 1.01. The molecule has 58 valence electrons. The monoisotopic (exact) mass is 139 g/mol. The maximum absolute atomic E-state index is 3.52. The van der Waals surface area contributed by atoms with E-state index in [1.807, 2.05) is 0 Å². The van der Waals surface area contributed by atoms with E-state index in [1.165, 1.54) is 32.4 Å². The molecule has 1 saturated carbocycles. The van der Waals surface area contributed by atoms with Crippen LogP contribution in [0.1, 0.15) is 26.2 Å². The molecule has 2 fully saturated rings. The Labute approximate surface area is 63.2 Å². The molecule has 0 aromatic heterocycles. The zero-order valence-corrected chi connectivity index (χ0v) is 6.77. The molecule has 1 saturated heterocycles. The van der Waals surface area contributed by atoms with E-state index in [0.29, 0.717) is 0 Å². The molecule has 1 heteroatoms. The number of rotatable bonds is 0. The van der Waals surface area contributed by atoms with Crippen LogP contribution in [0.15, 0.2) is 0 Å². The molecule has 0 radical (unpaired) electrons. The summed E-state index contributed by atoms with van der Waals surface area (Å²) >= 11 is 0. The fourth-order valence-corrected chi connectivity index (χ4v) is 2.58. The van der Waals surface area contributed by atoms with Crippen molar-refractivity contribution >= 4 is 0 Å². The van der Waals surface area contributed by atoms with Gasteiger partial charge in [0.15, 0.2) is 0 Å². The summed E-state index contributed by atoms with van der Waals surface area (Å²) in [6.07, 6.45) is 4.44. The average molecular weight is 139 g/mol. The highest BCUT2D eigenvalue weighted by molar-refractivity contribution is 4.86. The first-order valence-electron chi connectivity index (χ1n) is 4.58. The second-order valence-corrected chi connectivity index (χ2v) is 3.97. The van der Waals surface area contributed by atoms with Crippen molar-refractivity contribution in [2.45, 2.75) is 26.2 Å². The minimum Gasteiger partial charge on any atom is -0.316 e. The molecule has 0 amide bonds. The van der Waals surface area contributed by atoms with E-state index >= 15 is 0 Å². The quantitative estimate of drug-likeness (QED) is 0.538. The van der Waals surface area contributed by atoms with Gasteiger partial charge in [-0.15, -0.1) is 0 Å². The van der Waals surface area contributed by atoms with Gasteiger partial charge in [-0.05, 0) is 43.7 Å². The van der Waals surface area contributed by atoms with Crippen LogP contribution in [0, 0.1) is 17.8 Å². The summed E-state index contributed by atoms with van der Waals surface area (Å²) < 4.78 is 0. The average Bonchev–Trinajstić information content (AvgIpc) is 1.86. The summed E-state index contributed by atoms with van der Waals surface area (Å²) in [5.74, 6) is 3.02. The van der Waals surface area contributed by atoms with E-state index < -0.39 is 0 Å². The second-order valence-electron chi connectivity index (χ2n) is 3.97. The third kappa shape index (κ3) is 0.968. The second kappa shape index (κ2) is 2.54. The highest BCUT2D eigenvalue weighted by Crippen LogP contribution is 2.36. The van der Waals surface area contributed by atoms with E-state index in [0.717, 1.165) is 17.8 Å². The molecule has 2 aliphatic rings. The molecule has 10 heavy (non-hydrogen) atoms. The maximum atomic E-state index is 3.52. The van der Waals surface area contributed by atoms with Gasteiger partial charge >= 0.3 is 0 Å². The van der Waals surface area contributed by atoms with Crippen molar-refractivity contribution in [3.63, 3.8) is 0 Å². The molecule has 1 aliphatic heterocycles. The topological polar surface area (TPSA) is 12.0 Å². The van der Waals surface area contributed by atoms with E-state index in [-0.39, 0.29) is 0 Å². The van der Waals surface area contributed by atoms with Gasteiger partial charge in [0.05, 0.1) is 0 Å². The lowest BCUT2D eigenvalue weighted by Gasteiger charge is -2.41. The molecule has 2 rings (SSSR count). The van der Waals surface area contributed by atoms with Crippen molar-refractivity contribution < 1.29 is 0 Å². The lowest BCUT2D eigenvalue weighted by Crippen LogP contribution is -2.44. The minimum atomic E-state index is 1.01. The third-order valence-electron chi connectivity index (χ3n) is 3.45. The van der Waals surface area contributed by atoms with E-state index in [4.69, 9.17) is 0 Å². The Morgan fingerprint density at radius 3 is 2.20 bits per heavy atom. The molecule has 0 aromatic rings. The Balaban J connectivity index is 2.05. The van der Waals surface area contributed by atoms with Crippen LogP contribution in [0.4, 0.5) is 0 Å². The number of fused-ring (bicyclic) bond motifs is 2. The van der Waals surface area contributed by atoms with Gasteiger partial charge in [-0.25, -0.2) is 0 Å². The Kier molecular flexibility index (Phi) is 1.69. The Morgan fingerprint density at radius 2 is 1.70 bits per heavy atom. The molecular weight excluding hydrogens is 122 g/mol. The first-order chi connectivity index (χ1) is 4.88. The predicted octanol–water partition coefficient (Wildman–Crippen LogP) is 1.64. The van der Waals surface area contributed by atoms with Crippen LogP contribution >= 0.6 is 0 Å². The number of nitrogens with one attached hydrogen (secondary N) is 1. The number of hydrogen-bond donors (Lipinski definition) is 1. The van der Waals surface area contributed by atoms with Crippen molar-refractivity contribution in [1.29, 1.82) is 0 Å². The normalized spacial score (nSPS) is 47.1. The van der Waals surface area contributed by atoms with Crippen LogP contribution in [-0.4, -0.2) is 13.1 Å². The largest absolute Gasteiger partial charge is 0.316 e. The van der Waals surface area contributed by atoms with E-state index in [1.54, 1.807) is 0 Å². The predicted molar refractivity (Wildman–Crippen MR) is 42.9 cm³/mol. The molecule has 1 aliphatic carbocycles. The highest BCUT2D eigenvalue weighted by Gasteiger charge is 2.32. The molecule has 0 spiro atoms. The molecule has 1 heterocycles. The lowest BCUT2D eigenvalue weighted by atomic mass is 9.71. The summed E-state index contributed by atoms with van der Waals surface area (Å²) in [6, 6.07) is 0. The third-order valence-corrected chi connectivity index (χ3v) is 3.45. The maximum Gasteiger partial charge on any atom is -0.00177 e. The molecule has 1 N–H and O–H groups in total. The van der Waals surface area contributed by atoms with Crippen molar-refractivity contribution in [2.24, 2.45) is 17.8 Å². The smallest absolute Gasteiger partial charge is 0.00177 e. The SMILES string of the molecule is CC1C2CCCC1CNC2. The fourth-order valence-electron chi connectivity index (χ4n) is 2.58. The Morgan fingerprint density at radius 1 is 1.10 bits per heavy atom. The zero-order chi connectivity index (χ0) is 6.97. The molecule has 2 unspecified atom stereocenters. The van der Waals surface area contributed by atoms with Gasteiger partial charge in [-0.1, -0.05) is 13.3 Å². The summed E-state index contributed by atoms with van der Waals surface area (Å²) in [4.78, 5) is 0. The van der Waals surface area contributed by atoms with Gasteiger partial charge in [-0.3, -0.25) is 0 Å². The van der Waals surface area contributed by atoms with Gasteiger partial charge in [0.25, 0.3) is 0 Å².